The quantitative estimate of drug-likeness (QED) is 0.778. The van der Waals surface area contributed by atoms with Crippen molar-refractivity contribution in [2.75, 3.05) is 11.1 Å². The van der Waals surface area contributed by atoms with Gasteiger partial charge in [-0.05, 0) is 65.2 Å². The summed E-state index contributed by atoms with van der Waals surface area (Å²) in [6.45, 7) is 3.95. The molecule has 0 saturated heterocycles. The van der Waals surface area contributed by atoms with Gasteiger partial charge in [-0.3, -0.25) is 4.79 Å². The Balaban J connectivity index is 2.32. The summed E-state index contributed by atoms with van der Waals surface area (Å²) in [4.78, 5) is 12.3. The third-order valence-corrected chi connectivity index (χ3v) is 3.70. The summed E-state index contributed by atoms with van der Waals surface area (Å²) in [5, 5.41) is 3.32. The van der Waals surface area contributed by atoms with E-state index in [2.05, 4.69) is 21.2 Å². The molecule has 0 heterocycles. The number of aryl methyl sites for hydroxylation is 2. The van der Waals surface area contributed by atoms with E-state index < -0.39 is 0 Å². The van der Waals surface area contributed by atoms with Gasteiger partial charge >= 0.3 is 0 Å². The van der Waals surface area contributed by atoms with Gasteiger partial charge in [-0.15, -0.1) is 0 Å². The van der Waals surface area contributed by atoms with Gasteiger partial charge in [0.2, 0.25) is 0 Å². The van der Waals surface area contributed by atoms with Gasteiger partial charge in [-0.25, -0.2) is 0 Å². The molecule has 0 aliphatic heterocycles. The molecule has 0 aliphatic carbocycles. The van der Waals surface area contributed by atoms with E-state index in [0.717, 1.165) is 21.3 Å². The number of hydrogen-bond acceptors (Lipinski definition) is 2. The lowest BCUT2D eigenvalue weighted by Gasteiger charge is -2.12. The Labute approximate surface area is 131 Å². The van der Waals surface area contributed by atoms with E-state index in [1.807, 2.05) is 26.0 Å². The van der Waals surface area contributed by atoms with Gasteiger partial charge in [0.15, 0.2) is 0 Å². The minimum atomic E-state index is -0.244. The van der Waals surface area contributed by atoms with Gasteiger partial charge in [-0.2, -0.15) is 0 Å². The van der Waals surface area contributed by atoms with Crippen LogP contribution in [-0.2, 0) is 0 Å². The predicted molar refractivity (Wildman–Crippen MR) is 87.4 cm³/mol. The van der Waals surface area contributed by atoms with E-state index in [1.54, 1.807) is 18.2 Å². The molecule has 0 fully saturated rings. The first-order valence-electron chi connectivity index (χ1n) is 6.01. The number of nitrogen functional groups attached to an aromatic ring is 1. The van der Waals surface area contributed by atoms with Gasteiger partial charge in [0.05, 0.1) is 5.69 Å². The van der Waals surface area contributed by atoms with Gasteiger partial charge in [0, 0.05) is 20.7 Å². The summed E-state index contributed by atoms with van der Waals surface area (Å²) in [5.74, 6) is -0.244. The number of anilines is 2. The summed E-state index contributed by atoms with van der Waals surface area (Å²) in [6, 6.07) is 8.75. The minimum Gasteiger partial charge on any atom is -0.399 e. The second-order valence-corrected chi connectivity index (χ2v) is 5.96. The topological polar surface area (TPSA) is 55.1 Å². The molecule has 2 aromatic rings. The average molecular weight is 354 g/mol. The Morgan fingerprint density at radius 2 is 1.90 bits per heavy atom. The van der Waals surface area contributed by atoms with Crippen molar-refractivity contribution in [2.45, 2.75) is 13.8 Å². The summed E-state index contributed by atoms with van der Waals surface area (Å²) in [7, 11) is 0. The monoisotopic (exact) mass is 352 g/mol. The standard InChI is InChI=1S/C15H14BrClN2O/c1-8-3-9(2)14(13(16)4-8)19-15(20)10-5-11(17)7-12(18)6-10/h3-7H,18H2,1-2H3,(H,19,20). The van der Waals surface area contributed by atoms with Crippen molar-refractivity contribution in [3.05, 3.63) is 56.5 Å². The van der Waals surface area contributed by atoms with Crippen LogP contribution in [0.5, 0.6) is 0 Å². The smallest absolute Gasteiger partial charge is 0.255 e. The Kier molecular flexibility index (Phi) is 4.35. The van der Waals surface area contributed by atoms with Gasteiger partial charge in [0.25, 0.3) is 5.91 Å². The molecule has 0 aromatic heterocycles. The number of rotatable bonds is 2. The highest BCUT2D eigenvalue weighted by Gasteiger charge is 2.12. The molecule has 2 aromatic carbocycles. The second-order valence-electron chi connectivity index (χ2n) is 4.67. The Morgan fingerprint density at radius 1 is 1.20 bits per heavy atom. The van der Waals surface area contributed by atoms with Crippen LogP contribution in [0.1, 0.15) is 21.5 Å². The third-order valence-electron chi connectivity index (χ3n) is 2.85. The Morgan fingerprint density at radius 3 is 2.50 bits per heavy atom. The van der Waals surface area contributed by atoms with Gasteiger partial charge < -0.3 is 11.1 Å². The van der Waals surface area contributed by atoms with Crippen LogP contribution in [0, 0.1) is 13.8 Å². The van der Waals surface area contributed by atoms with E-state index in [4.69, 9.17) is 17.3 Å². The lowest BCUT2D eigenvalue weighted by atomic mass is 10.1. The van der Waals surface area contributed by atoms with Crippen LogP contribution >= 0.6 is 27.5 Å². The fourth-order valence-corrected chi connectivity index (χ4v) is 3.02. The van der Waals surface area contributed by atoms with E-state index in [0.29, 0.717) is 16.3 Å². The SMILES string of the molecule is Cc1cc(C)c(NC(=O)c2cc(N)cc(Cl)c2)c(Br)c1. The number of amides is 1. The fraction of sp³-hybridized carbons (Fsp3) is 0.133. The molecule has 1 amide bonds. The Hall–Kier alpha value is -1.52. The first kappa shape index (κ1) is 14.9. The lowest BCUT2D eigenvalue weighted by molar-refractivity contribution is 0.102. The van der Waals surface area contributed by atoms with E-state index in [9.17, 15) is 4.79 Å². The maximum Gasteiger partial charge on any atom is 0.255 e. The molecular weight excluding hydrogens is 340 g/mol. The summed E-state index contributed by atoms with van der Waals surface area (Å²) in [6.07, 6.45) is 0. The largest absolute Gasteiger partial charge is 0.399 e. The molecule has 3 N–H and O–H groups in total. The predicted octanol–water partition coefficient (Wildman–Crippen LogP) is 4.55. The lowest BCUT2D eigenvalue weighted by Crippen LogP contribution is -2.13. The van der Waals surface area contributed by atoms with Crippen molar-refractivity contribution in [1.82, 2.24) is 0 Å². The van der Waals surface area contributed by atoms with Crippen LogP contribution in [0.4, 0.5) is 11.4 Å². The Bertz CT molecular complexity index is 642. The van der Waals surface area contributed by atoms with Gasteiger partial charge in [-0.1, -0.05) is 17.7 Å². The number of carbonyl (C=O) groups excluding carboxylic acids is 1. The molecule has 0 bridgehead atoms. The zero-order valence-electron chi connectivity index (χ0n) is 11.1. The molecule has 20 heavy (non-hydrogen) atoms. The number of hydrogen-bond donors (Lipinski definition) is 2. The molecule has 0 unspecified atom stereocenters. The van der Waals surface area contributed by atoms with Crippen LogP contribution in [0.3, 0.4) is 0 Å². The molecule has 0 radical (unpaired) electrons. The van der Waals surface area contributed by atoms with Crippen molar-refractivity contribution in [2.24, 2.45) is 0 Å². The number of halogens is 2. The molecule has 0 atom stereocenters. The summed E-state index contributed by atoms with van der Waals surface area (Å²) in [5.41, 5.74) is 9.45. The van der Waals surface area contributed by atoms with Crippen LogP contribution in [0.2, 0.25) is 5.02 Å². The first-order valence-corrected chi connectivity index (χ1v) is 7.18. The van der Waals surface area contributed by atoms with E-state index >= 15 is 0 Å². The van der Waals surface area contributed by atoms with E-state index in [1.165, 1.54) is 0 Å². The van der Waals surface area contributed by atoms with Crippen LogP contribution < -0.4 is 11.1 Å². The second kappa shape index (κ2) is 5.85. The number of nitrogens with one attached hydrogen (secondary N) is 1. The molecule has 2 rings (SSSR count). The number of benzene rings is 2. The normalized spacial score (nSPS) is 10.4. The molecule has 5 heteroatoms. The van der Waals surface area contributed by atoms with Crippen molar-refractivity contribution in [1.29, 1.82) is 0 Å². The summed E-state index contributed by atoms with van der Waals surface area (Å²) >= 11 is 9.37. The number of nitrogens with two attached hydrogens (primary N) is 1. The van der Waals surface area contributed by atoms with Crippen molar-refractivity contribution < 1.29 is 4.79 Å². The molecule has 0 saturated carbocycles. The molecule has 0 spiro atoms. The zero-order valence-corrected chi connectivity index (χ0v) is 13.5. The zero-order chi connectivity index (χ0) is 14.9. The molecule has 0 aliphatic rings. The summed E-state index contributed by atoms with van der Waals surface area (Å²) < 4.78 is 0.846. The van der Waals surface area contributed by atoms with Crippen LogP contribution in [0.25, 0.3) is 0 Å². The van der Waals surface area contributed by atoms with Crippen LogP contribution in [0.15, 0.2) is 34.8 Å². The fourth-order valence-electron chi connectivity index (χ4n) is 2.00. The van der Waals surface area contributed by atoms with Crippen LogP contribution in [-0.4, -0.2) is 5.91 Å². The first-order chi connectivity index (χ1) is 9.36. The van der Waals surface area contributed by atoms with Crippen molar-refractivity contribution in [3.63, 3.8) is 0 Å². The van der Waals surface area contributed by atoms with E-state index in [-0.39, 0.29) is 5.91 Å². The van der Waals surface area contributed by atoms with Gasteiger partial charge in [0.1, 0.15) is 0 Å². The third kappa shape index (κ3) is 3.32. The number of carbonyl (C=O) groups is 1. The molecule has 104 valence electrons. The maximum absolute atomic E-state index is 12.3. The highest BCUT2D eigenvalue weighted by atomic mass is 79.9. The minimum absolute atomic E-state index is 0.244. The average Bonchev–Trinajstić information content (AvgIpc) is 2.32. The maximum atomic E-state index is 12.3. The van der Waals surface area contributed by atoms with Crippen molar-refractivity contribution in [3.8, 4) is 0 Å². The van der Waals surface area contributed by atoms with Crippen molar-refractivity contribution >= 4 is 44.8 Å². The highest BCUT2D eigenvalue weighted by Crippen LogP contribution is 2.28. The molecule has 3 nitrogen and oxygen atoms in total. The molecular formula is C15H14BrClN2O. The highest BCUT2D eigenvalue weighted by molar-refractivity contribution is 9.10.